The summed E-state index contributed by atoms with van der Waals surface area (Å²) in [6, 6.07) is 7.38. The first-order chi connectivity index (χ1) is 9.38. The van der Waals surface area contributed by atoms with E-state index in [1.807, 2.05) is 13.8 Å². The smallest absolute Gasteiger partial charge is 0.259 e. The van der Waals surface area contributed by atoms with Crippen molar-refractivity contribution in [1.82, 2.24) is 0 Å². The van der Waals surface area contributed by atoms with E-state index < -0.39 is 5.91 Å². The highest BCUT2D eigenvalue weighted by Crippen LogP contribution is 2.26. The third-order valence-electron chi connectivity index (χ3n) is 3.09. The van der Waals surface area contributed by atoms with Gasteiger partial charge in [0.15, 0.2) is 0 Å². The van der Waals surface area contributed by atoms with E-state index in [1.54, 1.807) is 12.1 Å². The van der Waals surface area contributed by atoms with Gasteiger partial charge in [-0.3, -0.25) is 4.79 Å². The molecular formula is C15H16N2O3. The van der Waals surface area contributed by atoms with E-state index >= 15 is 0 Å². The monoisotopic (exact) mass is 272 g/mol. The van der Waals surface area contributed by atoms with Crippen molar-refractivity contribution in [3.63, 3.8) is 0 Å². The third kappa shape index (κ3) is 2.66. The normalized spacial score (nSPS) is 10.3. The molecule has 2 rings (SSSR count). The number of anilines is 2. The molecule has 0 saturated heterocycles. The van der Waals surface area contributed by atoms with E-state index in [1.165, 1.54) is 12.1 Å². The first kappa shape index (κ1) is 13.7. The fraction of sp³-hybridized carbons (Fsp3) is 0.133. The van der Waals surface area contributed by atoms with Gasteiger partial charge < -0.3 is 21.3 Å². The summed E-state index contributed by atoms with van der Waals surface area (Å²) >= 11 is 0. The molecule has 0 aromatic heterocycles. The van der Waals surface area contributed by atoms with Crippen LogP contribution in [0.3, 0.4) is 0 Å². The minimum absolute atomic E-state index is 0.0941. The molecule has 104 valence electrons. The van der Waals surface area contributed by atoms with E-state index in [-0.39, 0.29) is 17.1 Å². The Kier molecular flexibility index (Phi) is 3.52. The van der Waals surface area contributed by atoms with Crippen LogP contribution < -0.4 is 11.1 Å². The lowest BCUT2D eigenvalue weighted by Gasteiger charge is -2.12. The van der Waals surface area contributed by atoms with Crippen molar-refractivity contribution in [3.05, 3.63) is 47.0 Å². The molecule has 0 aliphatic carbocycles. The molecule has 0 aliphatic heterocycles. The van der Waals surface area contributed by atoms with Gasteiger partial charge in [-0.1, -0.05) is 0 Å². The average molecular weight is 272 g/mol. The van der Waals surface area contributed by atoms with Gasteiger partial charge in [-0.05, 0) is 49.2 Å². The number of nitrogens with two attached hydrogens (primary N) is 1. The lowest BCUT2D eigenvalue weighted by molar-refractivity contribution is 0.102. The molecule has 2 aromatic rings. The molecule has 1 amide bonds. The Morgan fingerprint density at radius 1 is 1.10 bits per heavy atom. The highest BCUT2D eigenvalue weighted by molar-refractivity contribution is 6.06. The summed E-state index contributed by atoms with van der Waals surface area (Å²) in [5.41, 5.74) is 8.87. The number of benzene rings is 2. The van der Waals surface area contributed by atoms with E-state index in [0.29, 0.717) is 11.4 Å². The number of amides is 1. The number of hydrogen-bond donors (Lipinski definition) is 4. The molecular weight excluding hydrogens is 256 g/mol. The fourth-order valence-electron chi connectivity index (χ4n) is 1.87. The zero-order valence-electron chi connectivity index (χ0n) is 11.3. The molecule has 0 unspecified atom stereocenters. The first-order valence-electron chi connectivity index (χ1n) is 6.08. The van der Waals surface area contributed by atoms with Gasteiger partial charge in [0.25, 0.3) is 5.91 Å². The lowest BCUT2D eigenvalue weighted by atomic mass is 10.1. The van der Waals surface area contributed by atoms with Crippen LogP contribution in [0.25, 0.3) is 0 Å². The highest BCUT2D eigenvalue weighted by Gasteiger charge is 2.13. The van der Waals surface area contributed by atoms with E-state index in [2.05, 4.69) is 5.32 Å². The van der Waals surface area contributed by atoms with Crippen LogP contribution >= 0.6 is 0 Å². The maximum atomic E-state index is 12.1. The van der Waals surface area contributed by atoms with Crippen LogP contribution in [0.4, 0.5) is 11.4 Å². The van der Waals surface area contributed by atoms with Crippen molar-refractivity contribution in [3.8, 4) is 11.5 Å². The lowest BCUT2D eigenvalue weighted by Crippen LogP contribution is -2.13. The van der Waals surface area contributed by atoms with Crippen molar-refractivity contribution in [1.29, 1.82) is 0 Å². The van der Waals surface area contributed by atoms with Gasteiger partial charge >= 0.3 is 0 Å². The number of nitrogens with one attached hydrogen (secondary N) is 1. The van der Waals surface area contributed by atoms with Gasteiger partial charge in [-0.25, -0.2) is 0 Å². The Bertz CT molecular complexity index is 681. The van der Waals surface area contributed by atoms with Gasteiger partial charge in [0.2, 0.25) is 0 Å². The second-order valence-corrected chi connectivity index (χ2v) is 4.68. The number of phenols is 2. The molecule has 0 radical (unpaired) electrons. The summed E-state index contributed by atoms with van der Waals surface area (Å²) in [5, 5.41) is 21.6. The average Bonchev–Trinajstić information content (AvgIpc) is 2.35. The van der Waals surface area contributed by atoms with Crippen molar-refractivity contribution in [2.24, 2.45) is 0 Å². The Balaban J connectivity index is 2.30. The van der Waals surface area contributed by atoms with Crippen LogP contribution in [0, 0.1) is 13.8 Å². The highest BCUT2D eigenvalue weighted by atomic mass is 16.3. The zero-order chi connectivity index (χ0) is 14.9. The molecule has 5 nitrogen and oxygen atoms in total. The Hall–Kier alpha value is -2.69. The van der Waals surface area contributed by atoms with Gasteiger partial charge in [-0.2, -0.15) is 0 Å². The summed E-state index contributed by atoms with van der Waals surface area (Å²) in [6.07, 6.45) is 0. The van der Waals surface area contributed by atoms with E-state index in [0.717, 1.165) is 17.2 Å². The number of aryl methyl sites for hydroxylation is 2. The van der Waals surface area contributed by atoms with Crippen LogP contribution in [0.2, 0.25) is 0 Å². The molecule has 5 heteroatoms. The van der Waals surface area contributed by atoms with Crippen molar-refractivity contribution in [2.45, 2.75) is 13.8 Å². The van der Waals surface area contributed by atoms with Gasteiger partial charge in [-0.15, -0.1) is 0 Å². The summed E-state index contributed by atoms with van der Waals surface area (Å²) in [6.45, 7) is 3.69. The van der Waals surface area contributed by atoms with E-state index in [4.69, 9.17) is 5.73 Å². The van der Waals surface area contributed by atoms with Crippen molar-refractivity contribution >= 4 is 17.3 Å². The van der Waals surface area contributed by atoms with Gasteiger partial charge in [0.1, 0.15) is 11.5 Å². The second-order valence-electron chi connectivity index (χ2n) is 4.68. The minimum Gasteiger partial charge on any atom is -0.508 e. The summed E-state index contributed by atoms with van der Waals surface area (Å²) in [5.74, 6) is -0.819. The van der Waals surface area contributed by atoms with Crippen LogP contribution in [-0.2, 0) is 0 Å². The molecule has 0 atom stereocenters. The Morgan fingerprint density at radius 2 is 1.80 bits per heavy atom. The van der Waals surface area contributed by atoms with Crippen LogP contribution in [0.1, 0.15) is 21.5 Å². The Morgan fingerprint density at radius 3 is 2.45 bits per heavy atom. The largest absolute Gasteiger partial charge is 0.508 e. The molecule has 0 spiro atoms. The zero-order valence-corrected chi connectivity index (χ0v) is 11.3. The Labute approximate surface area is 116 Å². The van der Waals surface area contributed by atoms with Crippen molar-refractivity contribution < 1.29 is 15.0 Å². The van der Waals surface area contributed by atoms with Gasteiger partial charge in [0.05, 0.1) is 5.56 Å². The van der Waals surface area contributed by atoms with Gasteiger partial charge in [0, 0.05) is 17.4 Å². The predicted octanol–water partition coefficient (Wildman–Crippen LogP) is 2.55. The number of carbonyl (C=O) groups is 1. The summed E-state index contributed by atoms with van der Waals surface area (Å²) < 4.78 is 0. The topological polar surface area (TPSA) is 95.6 Å². The molecule has 20 heavy (non-hydrogen) atoms. The quantitative estimate of drug-likeness (QED) is 0.632. The summed E-state index contributed by atoms with van der Waals surface area (Å²) in [7, 11) is 0. The molecule has 5 N–H and O–H groups in total. The number of carbonyl (C=O) groups excluding carboxylic acids is 1. The minimum atomic E-state index is -0.449. The molecule has 2 aromatic carbocycles. The van der Waals surface area contributed by atoms with Crippen molar-refractivity contribution in [2.75, 3.05) is 11.1 Å². The molecule has 0 saturated carbocycles. The summed E-state index contributed by atoms with van der Waals surface area (Å²) in [4.78, 5) is 12.1. The predicted molar refractivity (Wildman–Crippen MR) is 78.1 cm³/mol. The number of aromatic hydroxyl groups is 2. The fourth-order valence-corrected chi connectivity index (χ4v) is 1.87. The second kappa shape index (κ2) is 5.13. The molecule has 0 aliphatic rings. The standard InChI is InChI=1S/C15H16N2O3/c1-8-6-13(9(2)5-12(8)16)17-15(20)11-4-3-10(18)7-14(11)19/h3-7,18-19H,16H2,1-2H3,(H,17,20). The van der Waals surface area contributed by atoms with Crippen LogP contribution in [-0.4, -0.2) is 16.1 Å². The SMILES string of the molecule is Cc1cc(NC(=O)c2ccc(O)cc2O)c(C)cc1N. The first-order valence-corrected chi connectivity index (χ1v) is 6.08. The number of nitrogen functional groups attached to an aromatic ring is 1. The number of hydrogen-bond acceptors (Lipinski definition) is 4. The number of phenolic OH excluding ortho intramolecular Hbond substituents is 2. The maximum Gasteiger partial charge on any atom is 0.259 e. The third-order valence-corrected chi connectivity index (χ3v) is 3.09. The maximum absolute atomic E-state index is 12.1. The van der Waals surface area contributed by atoms with Crippen LogP contribution in [0.15, 0.2) is 30.3 Å². The molecule has 0 heterocycles. The van der Waals surface area contributed by atoms with Crippen LogP contribution in [0.5, 0.6) is 11.5 Å². The number of rotatable bonds is 2. The molecule has 0 bridgehead atoms. The van der Waals surface area contributed by atoms with E-state index in [9.17, 15) is 15.0 Å². The molecule has 0 fully saturated rings.